The molecule has 116 valence electrons. The number of benzene rings is 1. The van der Waals surface area contributed by atoms with Crippen molar-refractivity contribution in [1.29, 1.82) is 0 Å². The molecule has 3 nitrogen and oxygen atoms in total. The fraction of sp³-hybridized carbons (Fsp3) is 0.312. The van der Waals surface area contributed by atoms with Crippen LogP contribution in [0.1, 0.15) is 15.2 Å². The highest BCUT2D eigenvalue weighted by Crippen LogP contribution is 2.23. The molecule has 0 bridgehead atoms. The molecule has 22 heavy (non-hydrogen) atoms. The Kier molecular flexibility index (Phi) is 5.03. The lowest BCUT2D eigenvalue weighted by Crippen LogP contribution is -2.48. The normalized spacial score (nSPS) is 16.0. The summed E-state index contributed by atoms with van der Waals surface area (Å²) in [7, 11) is 0. The van der Waals surface area contributed by atoms with E-state index in [9.17, 15) is 4.79 Å². The lowest BCUT2D eigenvalue weighted by molar-refractivity contribution is 0.0629. The van der Waals surface area contributed by atoms with Crippen LogP contribution in [0.25, 0.3) is 0 Å². The van der Waals surface area contributed by atoms with Gasteiger partial charge in [0.25, 0.3) is 5.91 Å². The number of hydrogen-bond donors (Lipinski definition) is 0. The maximum absolute atomic E-state index is 12.4. The fourth-order valence-corrected chi connectivity index (χ4v) is 3.80. The number of carbonyl (C=O) groups excluding carboxylic acids is 1. The van der Waals surface area contributed by atoms with Crippen LogP contribution >= 0.6 is 34.5 Å². The molecular weight excluding hydrogens is 339 g/mol. The minimum absolute atomic E-state index is 0.0792. The summed E-state index contributed by atoms with van der Waals surface area (Å²) in [5, 5.41) is 0.649. The van der Waals surface area contributed by atoms with Crippen molar-refractivity contribution in [3.05, 3.63) is 56.2 Å². The second-order valence-corrected chi connectivity index (χ2v) is 7.52. The largest absolute Gasteiger partial charge is 0.336 e. The molecule has 0 atom stereocenters. The molecule has 0 N–H and O–H groups in total. The molecule has 2 heterocycles. The summed E-state index contributed by atoms with van der Waals surface area (Å²) in [5.74, 6) is 0.0792. The Hall–Kier alpha value is -1.07. The van der Waals surface area contributed by atoms with E-state index in [2.05, 4.69) is 11.0 Å². The van der Waals surface area contributed by atoms with Gasteiger partial charge in [0.2, 0.25) is 0 Å². The van der Waals surface area contributed by atoms with E-state index in [0.29, 0.717) is 10.6 Å². The first-order chi connectivity index (χ1) is 10.6. The molecule has 1 aromatic heterocycles. The number of nitrogens with zero attached hydrogens (tertiary/aromatic N) is 2. The van der Waals surface area contributed by atoms with Gasteiger partial charge >= 0.3 is 0 Å². The predicted octanol–water partition coefficient (Wildman–Crippen LogP) is 4.01. The molecule has 1 aliphatic rings. The van der Waals surface area contributed by atoms with Crippen molar-refractivity contribution >= 4 is 40.4 Å². The van der Waals surface area contributed by atoms with Gasteiger partial charge in [0.15, 0.2) is 0 Å². The zero-order valence-corrected chi connectivity index (χ0v) is 14.3. The van der Waals surface area contributed by atoms with Crippen molar-refractivity contribution in [3.63, 3.8) is 0 Å². The summed E-state index contributed by atoms with van der Waals surface area (Å²) >= 11 is 13.4. The van der Waals surface area contributed by atoms with E-state index < -0.39 is 0 Å². The van der Waals surface area contributed by atoms with Crippen molar-refractivity contribution in [2.24, 2.45) is 0 Å². The summed E-state index contributed by atoms with van der Waals surface area (Å²) in [6.45, 7) is 4.17. The van der Waals surface area contributed by atoms with Gasteiger partial charge in [-0.15, -0.1) is 11.3 Å². The van der Waals surface area contributed by atoms with Gasteiger partial charge in [-0.05, 0) is 36.4 Å². The van der Waals surface area contributed by atoms with E-state index in [1.165, 1.54) is 4.88 Å². The van der Waals surface area contributed by atoms with Crippen LogP contribution in [-0.4, -0.2) is 41.9 Å². The van der Waals surface area contributed by atoms with E-state index in [0.717, 1.165) is 37.1 Å². The fourth-order valence-electron chi connectivity index (χ4n) is 2.54. The molecule has 0 aliphatic carbocycles. The lowest BCUT2D eigenvalue weighted by Gasteiger charge is -2.34. The van der Waals surface area contributed by atoms with Gasteiger partial charge < -0.3 is 4.90 Å². The average molecular weight is 355 g/mol. The molecule has 1 amide bonds. The summed E-state index contributed by atoms with van der Waals surface area (Å²) < 4.78 is 0.826. The minimum atomic E-state index is 0.0792. The van der Waals surface area contributed by atoms with Crippen LogP contribution in [-0.2, 0) is 6.54 Å². The van der Waals surface area contributed by atoms with Gasteiger partial charge in [0.05, 0.1) is 4.34 Å². The number of amides is 1. The van der Waals surface area contributed by atoms with Crippen molar-refractivity contribution in [1.82, 2.24) is 9.80 Å². The summed E-state index contributed by atoms with van der Waals surface area (Å²) in [6.07, 6.45) is 0. The van der Waals surface area contributed by atoms with Crippen LogP contribution in [0.3, 0.4) is 0 Å². The van der Waals surface area contributed by atoms with E-state index in [4.69, 9.17) is 23.2 Å². The number of halogens is 2. The van der Waals surface area contributed by atoms with E-state index in [1.54, 1.807) is 35.6 Å². The quantitative estimate of drug-likeness (QED) is 0.831. The highest BCUT2D eigenvalue weighted by molar-refractivity contribution is 7.16. The molecule has 0 unspecified atom stereocenters. The highest BCUT2D eigenvalue weighted by atomic mass is 35.5. The van der Waals surface area contributed by atoms with E-state index in [1.807, 2.05) is 11.0 Å². The smallest absolute Gasteiger partial charge is 0.253 e. The third-order valence-electron chi connectivity index (χ3n) is 3.76. The topological polar surface area (TPSA) is 23.6 Å². The SMILES string of the molecule is O=C(c1ccc(Cl)cc1)N1CCN(Cc2ccc(Cl)s2)CC1. The molecule has 1 fully saturated rings. The molecule has 0 saturated carbocycles. The lowest BCUT2D eigenvalue weighted by atomic mass is 10.2. The van der Waals surface area contributed by atoms with Crippen LogP contribution in [0.5, 0.6) is 0 Å². The van der Waals surface area contributed by atoms with Crippen molar-refractivity contribution in [3.8, 4) is 0 Å². The number of piperazine rings is 1. The molecular formula is C16H16Cl2N2OS. The second-order valence-electron chi connectivity index (χ2n) is 5.28. The van der Waals surface area contributed by atoms with Crippen molar-refractivity contribution in [2.45, 2.75) is 6.54 Å². The maximum Gasteiger partial charge on any atom is 0.253 e. The van der Waals surface area contributed by atoms with Crippen LogP contribution in [0.2, 0.25) is 9.36 Å². The molecule has 6 heteroatoms. The van der Waals surface area contributed by atoms with Gasteiger partial charge in [-0.25, -0.2) is 0 Å². The zero-order chi connectivity index (χ0) is 15.5. The first-order valence-electron chi connectivity index (χ1n) is 7.13. The van der Waals surface area contributed by atoms with E-state index >= 15 is 0 Å². The van der Waals surface area contributed by atoms with Gasteiger partial charge in [-0.1, -0.05) is 23.2 Å². The minimum Gasteiger partial charge on any atom is -0.336 e. The van der Waals surface area contributed by atoms with Gasteiger partial charge in [-0.3, -0.25) is 9.69 Å². The van der Waals surface area contributed by atoms with Gasteiger partial charge in [0, 0.05) is 48.2 Å². The molecule has 1 aromatic carbocycles. The number of carbonyl (C=O) groups is 1. The Labute approximate surface area is 144 Å². The maximum atomic E-state index is 12.4. The molecule has 1 saturated heterocycles. The first-order valence-corrected chi connectivity index (χ1v) is 8.70. The van der Waals surface area contributed by atoms with Crippen molar-refractivity contribution < 1.29 is 4.79 Å². The third kappa shape index (κ3) is 3.82. The summed E-state index contributed by atoms with van der Waals surface area (Å²) in [4.78, 5) is 18.0. The van der Waals surface area contributed by atoms with Crippen LogP contribution in [0, 0.1) is 0 Å². The number of rotatable bonds is 3. The standard InChI is InChI=1S/C16H16Cl2N2OS/c17-13-3-1-12(2-4-13)16(21)20-9-7-19(8-10-20)11-14-5-6-15(18)22-14/h1-6H,7-11H2. The zero-order valence-electron chi connectivity index (χ0n) is 12.0. The number of thiophene rings is 1. The number of hydrogen-bond acceptors (Lipinski definition) is 3. The second kappa shape index (κ2) is 7.01. The van der Waals surface area contributed by atoms with E-state index in [-0.39, 0.29) is 5.91 Å². The molecule has 3 rings (SSSR count). The monoisotopic (exact) mass is 354 g/mol. The Morgan fingerprint density at radius 3 is 2.27 bits per heavy atom. The summed E-state index contributed by atoms with van der Waals surface area (Å²) in [5.41, 5.74) is 0.697. The highest BCUT2D eigenvalue weighted by Gasteiger charge is 2.22. The van der Waals surface area contributed by atoms with Crippen LogP contribution < -0.4 is 0 Å². The van der Waals surface area contributed by atoms with Gasteiger partial charge in [0.1, 0.15) is 0 Å². The molecule has 0 radical (unpaired) electrons. The Bertz CT molecular complexity index is 648. The van der Waals surface area contributed by atoms with Crippen LogP contribution in [0.4, 0.5) is 0 Å². The molecule has 1 aliphatic heterocycles. The first kappa shape index (κ1) is 15.8. The Balaban J connectivity index is 1.55. The summed E-state index contributed by atoms with van der Waals surface area (Å²) in [6, 6.07) is 11.1. The van der Waals surface area contributed by atoms with Crippen molar-refractivity contribution in [2.75, 3.05) is 26.2 Å². The Morgan fingerprint density at radius 1 is 1.00 bits per heavy atom. The average Bonchev–Trinajstić information content (AvgIpc) is 2.93. The third-order valence-corrected chi connectivity index (χ3v) is 5.23. The molecule has 0 spiro atoms. The van der Waals surface area contributed by atoms with Crippen LogP contribution in [0.15, 0.2) is 36.4 Å². The van der Waals surface area contributed by atoms with Gasteiger partial charge in [-0.2, -0.15) is 0 Å². The molecule has 2 aromatic rings. The predicted molar refractivity (Wildman–Crippen MR) is 92.0 cm³/mol. The Morgan fingerprint density at radius 2 is 1.68 bits per heavy atom.